The van der Waals surface area contributed by atoms with Gasteiger partial charge in [-0.15, -0.1) is 0 Å². The van der Waals surface area contributed by atoms with Crippen LogP contribution in [0.1, 0.15) is 46.9 Å². The van der Waals surface area contributed by atoms with Crippen molar-refractivity contribution in [3.8, 4) is 5.75 Å². The van der Waals surface area contributed by atoms with Crippen LogP contribution in [0.15, 0.2) is 18.2 Å². The Kier molecular flexibility index (Phi) is 4.69. The fraction of sp³-hybridized carbons (Fsp3) is 0.385. The Balaban J connectivity index is 3.17. The van der Waals surface area contributed by atoms with Crippen LogP contribution in [0, 0.1) is 0 Å². The zero-order valence-corrected chi connectivity index (χ0v) is 10.0. The Hall–Kier alpha value is -1.84. The molecule has 0 radical (unpaired) electrons. The molecule has 1 aromatic carbocycles. The highest BCUT2D eigenvalue weighted by Gasteiger charge is 2.20. The summed E-state index contributed by atoms with van der Waals surface area (Å²) >= 11 is 0. The SMILES string of the molecule is CCCCC(=O)c1c(OC)cccc1C(=O)O. The van der Waals surface area contributed by atoms with Crippen molar-refractivity contribution in [2.45, 2.75) is 26.2 Å². The Labute approximate surface area is 100 Å². The molecule has 0 heterocycles. The molecule has 0 atom stereocenters. The quantitative estimate of drug-likeness (QED) is 0.771. The third kappa shape index (κ3) is 3.06. The van der Waals surface area contributed by atoms with Crippen molar-refractivity contribution in [1.82, 2.24) is 0 Å². The second-order valence-electron chi connectivity index (χ2n) is 3.71. The molecule has 0 unspecified atom stereocenters. The number of hydrogen-bond donors (Lipinski definition) is 1. The topological polar surface area (TPSA) is 63.6 Å². The molecule has 1 N–H and O–H groups in total. The first kappa shape index (κ1) is 13.2. The van der Waals surface area contributed by atoms with E-state index in [1.54, 1.807) is 12.1 Å². The number of ether oxygens (including phenoxy) is 1. The molecule has 0 aromatic heterocycles. The smallest absolute Gasteiger partial charge is 0.336 e. The van der Waals surface area contributed by atoms with Crippen LogP contribution in [0.3, 0.4) is 0 Å². The van der Waals surface area contributed by atoms with Crippen molar-refractivity contribution < 1.29 is 19.4 Å². The molecule has 1 aromatic rings. The summed E-state index contributed by atoms with van der Waals surface area (Å²) in [5.74, 6) is -0.962. The Morgan fingerprint density at radius 1 is 1.35 bits per heavy atom. The second-order valence-corrected chi connectivity index (χ2v) is 3.71. The molecule has 0 aliphatic rings. The lowest BCUT2D eigenvalue weighted by Crippen LogP contribution is -2.10. The van der Waals surface area contributed by atoms with Crippen LogP contribution in [-0.4, -0.2) is 24.0 Å². The number of hydrogen-bond acceptors (Lipinski definition) is 3. The van der Waals surface area contributed by atoms with Gasteiger partial charge in [-0.25, -0.2) is 4.79 Å². The molecule has 0 saturated heterocycles. The lowest BCUT2D eigenvalue weighted by molar-refractivity contribution is 0.0691. The number of benzene rings is 1. The zero-order valence-electron chi connectivity index (χ0n) is 10.0. The summed E-state index contributed by atoms with van der Waals surface area (Å²) in [5, 5.41) is 9.05. The Morgan fingerprint density at radius 3 is 2.59 bits per heavy atom. The minimum Gasteiger partial charge on any atom is -0.496 e. The normalized spacial score (nSPS) is 10.0. The summed E-state index contributed by atoms with van der Waals surface area (Å²) in [4.78, 5) is 23.0. The van der Waals surface area contributed by atoms with Gasteiger partial charge in [0.15, 0.2) is 5.78 Å². The molecule has 0 saturated carbocycles. The number of carbonyl (C=O) groups excluding carboxylic acids is 1. The van der Waals surface area contributed by atoms with Gasteiger partial charge >= 0.3 is 5.97 Å². The molecule has 0 spiro atoms. The molecule has 0 aliphatic heterocycles. The fourth-order valence-corrected chi connectivity index (χ4v) is 1.63. The number of unbranched alkanes of at least 4 members (excludes halogenated alkanes) is 1. The maximum atomic E-state index is 12.0. The molecule has 0 aliphatic carbocycles. The minimum atomic E-state index is -1.11. The van der Waals surface area contributed by atoms with Gasteiger partial charge < -0.3 is 9.84 Å². The number of Topliss-reactive ketones (excluding diaryl/α,β-unsaturated/α-hetero) is 1. The molecular formula is C13H16O4. The van der Waals surface area contributed by atoms with Crippen LogP contribution < -0.4 is 4.74 Å². The number of carbonyl (C=O) groups is 2. The van der Waals surface area contributed by atoms with E-state index in [4.69, 9.17) is 9.84 Å². The average molecular weight is 236 g/mol. The van der Waals surface area contributed by atoms with Crippen molar-refractivity contribution in [1.29, 1.82) is 0 Å². The van der Waals surface area contributed by atoms with E-state index in [1.807, 2.05) is 6.92 Å². The van der Waals surface area contributed by atoms with Crippen LogP contribution in [0.4, 0.5) is 0 Å². The Morgan fingerprint density at radius 2 is 2.06 bits per heavy atom. The van der Waals surface area contributed by atoms with Gasteiger partial charge in [0.2, 0.25) is 0 Å². The van der Waals surface area contributed by atoms with Crippen molar-refractivity contribution >= 4 is 11.8 Å². The predicted octanol–water partition coefficient (Wildman–Crippen LogP) is 2.77. The predicted molar refractivity (Wildman–Crippen MR) is 63.8 cm³/mol. The summed E-state index contributed by atoms with van der Waals surface area (Å²) in [6.07, 6.45) is 1.98. The van der Waals surface area contributed by atoms with Gasteiger partial charge in [-0.1, -0.05) is 19.4 Å². The zero-order chi connectivity index (χ0) is 12.8. The highest BCUT2D eigenvalue weighted by atomic mass is 16.5. The second kappa shape index (κ2) is 6.03. The lowest BCUT2D eigenvalue weighted by Gasteiger charge is -2.10. The first-order chi connectivity index (χ1) is 8.11. The maximum absolute atomic E-state index is 12.0. The van der Waals surface area contributed by atoms with Crippen LogP contribution in [0.2, 0.25) is 0 Å². The number of ketones is 1. The molecule has 92 valence electrons. The number of methoxy groups -OCH3 is 1. The van der Waals surface area contributed by atoms with Gasteiger partial charge in [-0.05, 0) is 18.6 Å². The highest BCUT2D eigenvalue weighted by molar-refractivity contribution is 6.07. The molecule has 4 heteroatoms. The summed E-state index contributed by atoms with van der Waals surface area (Å²) in [5.41, 5.74) is 0.182. The summed E-state index contributed by atoms with van der Waals surface area (Å²) < 4.78 is 5.05. The van der Waals surface area contributed by atoms with Crippen molar-refractivity contribution in [2.24, 2.45) is 0 Å². The van der Waals surface area contributed by atoms with Crippen molar-refractivity contribution in [3.05, 3.63) is 29.3 Å². The number of rotatable bonds is 6. The van der Waals surface area contributed by atoms with E-state index >= 15 is 0 Å². The van der Waals surface area contributed by atoms with E-state index < -0.39 is 5.97 Å². The van der Waals surface area contributed by atoms with Gasteiger partial charge in [0, 0.05) is 6.42 Å². The molecule has 0 fully saturated rings. The van der Waals surface area contributed by atoms with Gasteiger partial charge in [-0.3, -0.25) is 4.79 Å². The number of aromatic carboxylic acids is 1. The van der Waals surface area contributed by atoms with Gasteiger partial charge in [0.05, 0.1) is 18.2 Å². The standard InChI is InChI=1S/C13H16O4/c1-3-4-7-10(14)12-9(13(15)16)6-5-8-11(12)17-2/h5-6,8H,3-4,7H2,1-2H3,(H,15,16). The largest absolute Gasteiger partial charge is 0.496 e. The molecular weight excluding hydrogens is 220 g/mol. The van der Waals surface area contributed by atoms with Crippen LogP contribution in [-0.2, 0) is 0 Å². The van der Waals surface area contributed by atoms with Gasteiger partial charge in [0.25, 0.3) is 0 Å². The molecule has 4 nitrogen and oxygen atoms in total. The van der Waals surface area contributed by atoms with E-state index in [2.05, 4.69) is 0 Å². The summed E-state index contributed by atoms with van der Waals surface area (Å²) in [6, 6.07) is 4.59. The number of carboxylic acids is 1. The molecule has 1 rings (SSSR count). The number of carboxylic acid groups (broad SMARTS) is 1. The van der Waals surface area contributed by atoms with E-state index in [0.717, 1.165) is 12.8 Å². The van der Waals surface area contributed by atoms with Crippen LogP contribution >= 0.6 is 0 Å². The van der Waals surface area contributed by atoms with Gasteiger partial charge in [-0.2, -0.15) is 0 Å². The monoisotopic (exact) mass is 236 g/mol. The van der Waals surface area contributed by atoms with Crippen molar-refractivity contribution in [2.75, 3.05) is 7.11 Å². The average Bonchev–Trinajstić information content (AvgIpc) is 2.34. The third-order valence-electron chi connectivity index (χ3n) is 2.51. The lowest BCUT2D eigenvalue weighted by atomic mass is 9.99. The van der Waals surface area contributed by atoms with E-state index in [0.29, 0.717) is 12.2 Å². The van der Waals surface area contributed by atoms with E-state index in [1.165, 1.54) is 13.2 Å². The van der Waals surface area contributed by atoms with Crippen molar-refractivity contribution in [3.63, 3.8) is 0 Å². The maximum Gasteiger partial charge on any atom is 0.336 e. The molecule has 0 amide bonds. The van der Waals surface area contributed by atoms with Crippen LogP contribution in [0.5, 0.6) is 5.75 Å². The van der Waals surface area contributed by atoms with E-state index in [-0.39, 0.29) is 16.9 Å². The fourth-order valence-electron chi connectivity index (χ4n) is 1.63. The summed E-state index contributed by atoms with van der Waals surface area (Å²) in [7, 11) is 1.43. The Bertz CT molecular complexity index is 423. The minimum absolute atomic E-state index is 0.00505. The summed E-state index contributed by atoms with van der Waals surface area (Å²) in [6.45, 7) is 1.98. The first-order valence-corrected chi connectivity index (χ1v) is 5.55. The molecule has 17 heavy (non-hydrogen) atoms. The third-order valence-corrected chi connectivity index (χ3v) is 2.51. The van der Waals surface area contributed by atoms with Crippen LogP contribution in [0.25, 0.3) is 0 Å². The molecule has 0 bridgehead atoms. The van der Waals surface area contributed by atoms with Gasteiger partial charge in [0.1, 0.15) is 5.75 Å². The highest BCUT2D eigenvalue weighted by Crippen LogP contribution is 2.24. The van der Waals surface area contributed by atoms with E-state index in [9.17, 15) is 9.59 Å². The first-order valence-electron chi connectivity index (χ1n) is 5.55.